The van der Waals surface area contributed by atoms with E-state index in [9.17, 15) is 14.4 Å². The average molecular weight is 364 g/mol. The Balaban J connectivity index is 1.64. The summed E-state index contributed by atoms with van der Waals surface area (Å²) in [7, 11) is 1.35. The van der Waals surface area contributed by atoms with Crippen LogP contribution < -0.4 is 5.32 Å². The molecule has 2 fully saturated rings. The van der Waals surface area contributed by atoms with Crippen molar-refractivity contribution >= 4 is 29.1 Å². The highest BCUT2D eigenvalue weighted by Crippen LogP contribution is 2.32. The number of ether oxygens (including phenoxy) is 1. The summed E-state index contributed by atoms with van der Waals surface area (Å²) in [5.74, 6) is -0.314. The van der Waals surface area contributed by atoms with Gasteiger partial charge in [0.15, 0.2) is 0 Å². The Morgan fingerprint density at radius 2 is 2.32 bits per heavy atom. The van der Waals surface area contributed by atoms with Gasteiger partial charge in [0.25, 0.3) is 0 Å². The predicted octanol–water partition coefficient (Wildman–Crippen LogP) is 1.88. The third kappa shape index (κ3) is 4.03. The fourth-order valence-corrected chi connectivity index (χ4v) is 4.71. The van der Waals surface area contributed by atoms with Crippen LogP contribution in [0.1, 0.15) is 43.4 Å². The molecule has 3 heterocycles. The summed E-state index contributed by atoms with van der Waals surface area (Å²) in [4.78, 5) is 39.2. The van der Waals surface area contributed by atoms with Gasteiger partial charge in [-0.15, -0.1) is 11.3 Å². The molecule has 1 N–H and O–H groups in total. The van der Waals surface area contributed by atoms with Gasteiger partial charge in [-0.25, -0.2) is 4.79 Å². The molecule has 2 aliphatic heterocycles. The number of hydrogen-bond donors (Lipinski definition) is 1. The Bertz CT molecular complexity index is 646. The van der Waals surface area contributed by atoms with Crippen molar-refractivity contribution in [3.8, 4) is 0 Å². The number of carbonyl (C=O) groups is 3. The lowest BCUT2D eigenvalue weighted by atomic mass is 9.87. The molecule has 2 aliphatic rings. The maximum atomic E-state index is 12.7. The maximum Gasteiger partial charge on any atom is 0.328 e. The highest BCUT2D eigenvalue weighted by Gasteiger charge is 2.40. The van der Waals surface area contributed by atoms with Gasteiger partial charge in [-0.3, -0.25) is 9.59 Å². The van der Waals surface area contributed by atoms with E-state index < -0.39 is 6.04 Å². The van der Waals surface area contributed by atoms with Crippen LogP contribution in [0.2, 0.25) is 0 Å². The lowest BCUT2D eigenvalue weighted by Gasteiger charge is -2.30. The molecular formula is C18H24N2O4S. The highest BCUT2D eigenvalue weighted by molar-refractivity contribution is 7.09. The van der Waals surface area contributed by atoms with Crippen molar-refractivity contribution in [2.45, 2.75) is 56.5 Å². The molecule has 0 bridgehead atoms. The normalized spacial score (nSPS) is 25.9. The van der Waals surface area contributed by atoms with Gasteiger partial charge in [-0.05, 0) is 37.1 Å². The Morgan fingerprint density at radius 1 is 1.48 bits per heavy atom. The quantitative estimate of drug-likeness (QED) is 0.782. The number of nitrogens with one attached hydrogen (secondary N) is 1. The monoisotopic (exact) mass is 364 g/mol. The second-order valence-electron chi connectivity index (χ2n) is 6.85. The van der Waals surface area contributed by atoms with Crippen LogP contribution in [0.25, 0.3) is 0 Å². The second kappa shape index (κ2) is 7.56. The summed E-state index contributed by atoms with van der Waals surface area (Å²) in [5, 5.41) is 5.13. The zero-order valence-corrected chi connectivity index (χ0v) is 15.3. The summed E-state index contributed by atoms with van der Waals surface area (Å²) in [6.45, 7) is 0.600. The zero-order valence-electron chi connectivity index (χ0n) is 14.5. The van der Waals surface area contributed by atoms with Crippen LogP contribution >= 0.6 is 11.3 Å². The molecule has 2 saturated heterocycles. The number of likely N-dealkylation sites (tertiary alicyclic amines) is 1. The second-order valence-corrected chi connectivity index (χ2v) is 7.89. The van der Waals surface area contributed by atoms with Crippen LogP contribution in [0, 0.1) is 0 Å². The topological polar surface area (TPSA) is 75.7 Å². The van der Waals surface area contributed by atoms with E-state index in [4.69, 9.17) is 4.74 Å². The molecule has 2 atom stereocenters. The molecule has 7 heteroatoms. The largest absolute Gasteiger partial charge is 0.467 e. The van der Waals surface area contributed by atoms with Crippen molar-refractivity contribution in [1.29, 1.82) is 0 Å². The van der Waals surface area contributed by atoms with Gasteiger partial charge in [0.05, 0.1) is 7.11 Å². The SMILES string of the molecule is COC(=O)[C@@H]1CCCN1C(=O)CC[C@]1(Cc2cccs2)CCC(=O)N1. The van der Waals surface area contributed by atoms with Gasteiger partial charge < -0.3 is 15.0 Å². The molecule has 3 rings (SSSR count). The highest BCUT2D eigenvalue weighted by atomic mass is 32.1. The Labute approximate surface area is 151 Å². The minimum atomic E-state index is -0.455. The summed E-state index contributed by atoms with van der Waals surface area (Å²) >= 11 is 1.67. The van der Waals surface area contributed by atoms with E-state index in [1.807, 2.05) is 11.4 Å². The van der Waals surface area contributed by atoms with E-state index in [2.05, 4.69) is 11.4 Å². The van der Waals surface area contributed by atoms with Crippen molar-refractivity contribution in [3.05, 3.63) is 22.4 Å². The van der Waals surface area contributed by atoms with Gasteiger partial charge in [-0.1, -0.05) is 6.07 Å². The number of amides is 2. The van der Waals surface area contributed by atoms with Crippen molar-refractivity contribution in [1.82, 2.24) is 10.2 Å². The first-order valence-corrected chi connectivity index (χ1v) is 9.62. The molecule has 0 aliphatic carbocycles. The summed E-state index contributed by atoms with van der Waals surface area (Å²) in [6, 6.07) is 3.61. The number of hydrogen-bond acceptors (Lipinski definition) is 5. The molecule has 0 unspecified atom stereocenters. The molecule has 2 amide bonds. The fourth-order valence-electron chi connectivity index (χ4n) is 3.86. The smallest absolute Gasteiger partial charge is 0.328 e. The summed E-state index contributed by atoms with van der Waals surface area (Å²) < 4.78 is 4.81. The molecule has 0 spiro atoms. The van der Waals surface area contributed by atoms with E-state index >= 15 is 0 Å². The maximum absolute atomic E-state index is 12.7. The van der Waals surface area contributed by atoms with Crippen molar-refractivity contribution < 1.29 is 19.1 Å². The van der Waals surface area contributed by atoms with Crippen molar-refractivity contribution in [2.24, 2.45) is 0 Å². The third-order valence-corrected chi connectivity index (χ3v) is 6.07. The number of nitrogens with zero attached hydrogens (tertiary/aromatic N) is 1. The van der Waals surface area contributed by atoms with Gasteiger partial charge >= 0.3 is 5.97 Å². The number of esters is 1. The fraction of sp³-hybridized carbons (Fsp3) is 0.611. The van der Waals surface area contributed by atoms with Gasteiger partial charge in [0.1, 0.15) is 6.04 Å². The standard InChI is InChI=1S/C18H24N2O4S/c1-24-17(23)14-5-2-10-20(14)16(22)7-9-18(8-6-15(21)19-18)12-13-4-3-11-25-13/h3-4,11,14H,2,5-10,12H2,1H3,(H,19,21)/t14-,18-/m0/s1. The number of thiophene rings is 1. The van der Waals surface area contributed by atoms with Crippen LogP contribution in [0.3, 0.4) is 0 Å². The number of carbonyl (C=O) groups excluding carboxylic acids is 3. The van der Waals surface area contributed by atoms with Crippen LogP contribution in [-0.4, -0.2) is 47.9 Å². The predicted molar refractivity (Wildman–Crippen MR) is 94.1 cm³/mol. The first kappa shape index (κ1) is 17.9. The molecule has 0 radical (unpaired) electrons. The van der Waals surface area contributed by atoms with Crippen LogP contribution in [-0.2, 0) is 25.5 Å². The van der Waals surface area contributed by atoms with E-state index in [1.165, 1.54) is 12.0 Å². The minimum absolute atomic E-state index is 0.0281. The zero-order chi connectivity index (χ0) is 17.9. The third-order valence-electron chi connectivity index (χ3n) is 5.19. The first-order valence-electron chi connectivity index (χ1n) is 8.74. The van der Waals surface area contributed by atoms with E-state index in [-0.39, 0.29) is 23.3 Å². The average Bonchev–Trinajstić information content (AvgIpc) is 3.34. The minimum Gasteiger partial charge on any atom is -0.467 e. The lowest BCUT2D eigenvalue weighted by molar-refractivity contribution is -0.151. The Morgan fingerprint density at radius 3 is 2.96 bits per heavy atom. The molecule has 1 aromatic heterocycles. The van der Waals surface area contributed by atoms with Crippen LogP contribution in [0.4, 0.5) is 0 Å². The molecular weight excluding hydrogens is 340 g/mol. The van der Waals surface area contributed by atoms with Gasteiger partial charge in [0.2, 0.25) is 11.8 Å². The Hall–Kier alpha value is -1.89. The molecule has 1 aromatic rings. The molecule has 25 heavy (non-hydrogen) atoms. The Kier molecular flexibility index (Phi) is 5.42. The molecule has 0 saturated carbocycles. The van der Waals surface area contributed by atoms with E-state index in [0.717, 1.165) is 19.3 Å². The van der Waals surface area contributed by atoms with Crippen LogP contribution in [0.5, 0.6) is 0 Å². The van der Waals surface area contributed by atoms with Crippen molar-refractivity contribution in [2.75, 3.05) is 13.7 Å². The van der Waals surface area contributed by atoms with Crippen molar-refractivity contribution in [3.63, 3.8) is 0 Å². The van der Waals surface area contributed by atoms with E-state index in [1.54, 1.807) is 16.2 Å². The summed E-state index contributed by atoms with van der Waals surface area (Å²) in [5.41, 5.74) is -0.349. The molecule has 136 valence electrons. The molecule has 6 nitrogen and oxygen atoms in total. The number of rotatable bonds is 6. The van der Waals surface area contributed by atoms with E-state index in [0.29, 0.717) is 32.2 Å². The first-order chi connectivity index (χ1) is 12.0. The van der Waals surface area contributed by atoms with Gasteiger partial charge in [-0.2, -0.15) is 0 Å². The van der Waals surface area contributed by atoms with Gasteiger partial charge in [0, 0.05) is 36.2 Å². The van der Waals surface area contributed by atoms with Crippen LogP contribution in [0.15, 0.2) is 17.5 Å². The number of methoxy groups -OCH3 is 1. The summed E-state index contributed by atoms with van der Waals surface area (Å²) in [6.07, 6.45) is 4.42. The molecule has 0 aromatic carbocycles. The lowest BCUT2D eigenvalue weighted by Crippen LogP contribution is -2.46.